The van der Waals surface area contributed by atoms with Crippen LogP contribution in [0.2, 0.25) is 0 Å². The fourth-order valence-electron chi connectivity index (χ4n) is 3.09. The predicted molar refractivity (Wildman–Crippen MR) is 113 cm³/mol. The number of hydrogen-bond acceptors (Lipinski definition) is 6. The molecule has 0 aliphatic rings. The van der Waals surface area contributed by atoms with Gasteiger partial charge in [-0.2, -0.15) is 0 Å². The molecule has 0 N–H and O–H groups in total. The van der Waals surface area contributed by atoms with Crippen LogP contribution < -0.4 is 5.63 Å². The van der Waals surface area contributed by atoms with Crippen LogP contribution in [0.4, 0.5) is 5.69 Å². The average Bonchev–Trinajstić information content (AvgIpc) is 3.10. The van der Waals surface area contributed by atoms with Crippen molar-refractivity contribution in [3.8, 4) is 21.8 Å². The molecule has 4 aromatic rings. The van der Waals surface area contributed by atoms with E-state index in [1.165, 1.54) is 23.0 Å². The van der Waals surface area contributed by atoms with Crippen molar-refractivity contribution in [3.63, 3.8) is 0 Å². The first-order valence-corrected chi connectivity index (χ1v) is 9.96. The molecule has 0 atom stereocenters. The number of fused-ring (bicyclic) bond motifs is 1. The maximum Gasteiger partial charge on any atom is 0.346 e. The summed E-state index contributed by atoms with van der Waals surface area (Å²) in [7, 11) is 0. The lowest BCUT2D eigenvalue weighted by Gasteiger charge is -2.04. The number of thiazole rings is 1. The van der Waals surface area contributed by atoms with Crippen LogP contribution in [0.3, 0.4) is 0 Å². The molecule has 0 saturated carbocycles. The van der Waals surface area contributed by atoms with Gasteiger partial charge in [-0.15, -0.1) is 11.3 Å². The van der Waals surface area contributed by atoms with Crippen LogP contribution in [0, 0.1) is 24.0 Å². The highest BCUT2D eigenvalue weighted by atomic mass is 79.9. The third-order valence-corrected chi connectivity index (χ3v) is 5.70. The van der Waals surface area contributed by atoms with Crippen molar-refractivity contribution in [1.29, 1.82) is 0 Å². The van der Waals surface area contributed by atoms with Crippen LogP contribution in [-0.4, -0.2) is 9.91 Å². The molecule has 0 spiro atoms. The molecule has 0 radical (unpaired) electrons. The van der Waals surface area contributed by atoms with E-state index in [4.69, 9.17) is 4.42 Å². The highest BCUT2D eigenvalue weighted by molar-refractivity contribution is 9.10. The van der Waals surface area contributed by atoms with Gasteiger partial charge >= 0.3 is 11.3 Å². The minimum atomic E-state index is -0.653. The third-order valence-electron chi connectivity index (χ3n) is 4.37. The molecule has 8 heteroatoms. The molecule has 0 aliphatic heterocycles. The Morgan fingerprint density at radius 2 is 1.93 bits per heavy atom. The number of halogens is 1. The SMILES string of the molecule is Cc1ccc(-c2csc(-c3cc4cc(Br)cc([N+](=O)[O-])c4oc3=O)n2)c(C)c1. The van der Waals surface area contributed by atoms with Gasteiger partial charge in [0, 0.05) is 26.9 Å². The summed E-state index contributed by atoms with van der Waals surface area (Å²) in [6.07, 6.45) is 0. The second-order valence-electron chi connectivity index (χ2n) is 6.40. The standard InChI is InChI=1S/C20H13BrN2O4S/c1-10-3-4-14(11(2)5-10)16-9-28-19(22-16)15-7-12-6-13(21)8-17(23(25)26)18(12)27-20(15)24/h3-9H,1-2H3. The van der Waals surface area contributed by atoms with E-state index in [0.717, 1.165) is 16.8 Å². The van der Waals surface area contributed by atoms with Crippen LogP contribution in [0.5, 0.6) is 0 Å². The molecule has 0 bridgehead atoms. The number of hydrogen-bond donors (Lipinski definition) is 0. The lowest BCUT2D eigenvalue weighted by molar-refractivity contribution is -0.383. The van der Waals surface area contributed by atoms with E-state index < -0.39 is 10.5 Å². The van der Waals surface area contributed by atoms with Gasteiger partial charge in [-0.05, 0) is 31.5 Å². The number of benzene rings is 2. The second-order valence-corrected chi connectivity index (χ2v) is 8.18. The third kappa shape index (κ3) is 3.25. The molecule has 0 aliphatic carbocycles. The lowest BCUT2D eigenvalue weighted by Crippen LogP contribution is -2.04. The van der Waals surface area contributed by atoms with Crippen molar-refractivity contribution < 1.29 is 9.34 Å². The molecule has 2 aromatic heterocycles. The van der Waals surface area contributed by atoms with E-state index in [9.17, 15) is 14.9 Å². The Balaban J connectivity index is 1.86. The number of non-ortho nitro benzene ring substituents is 1. The molecule has 4 rings (SSSR count). The summed E-state index contributed by atoms with van der Waals surface area (Å²) in [5.41, 5.74) is 3.35. The molecule has 0 saturated heterocycles. The smallest absolute Gasteiger partial charge is 0.346 e. The van der Waals surface area contributed by atoms with Crippen LogP contribution in [0.25, 0.3) is 32.8 Å². The maximum absolute atomic E-state index is 12.5. The van der Waals surface area contributed by atoms with E-state index in [1.807, 2.05) is 31.4 Å². The molecule has 2 heterocycles. The number of nitrogens with zero attached hydrogens (tertiary/aromatic N) is 2. The molecule has 0 unspecified atom stereocenters. The summed E-state index contributed by atoms with van der Waals surface area (Å²) in [4.78, 5) is 27.8. The van der Waals surface area contributed by atoms with Crippen molar-refractivity contribution >= 4 is 43.9 Å². The Labute approximate surface area is 171 Å². The van der Waals surface area contributed by atoms with Gasteiger partial charge < -0.3 is 4.42 Å². The van der Waals surface area contributed by atoms with Gasteiger partial charge in [0.2, 0.25) is 5.58 Å². The van der Waals surface area contributed by atoms with Crippen LogP contribution >= 0.6 is 27.3 Å². The second kappa shape index (κ2) is 6.96. The van der Waals surface area contributed by atoms with Crippen LogP contribution in [0.15, 0.2) is 55.5 Å². The highest BCUT2D eigenvalue weighted by Crippen LogP contribution is 2.34. The monoisotopic (exact) mass is 456 g/mol. The van der Waals surface area contributed by atoms with Crippen molar-refractivity contribution in [3.05, 3.63) is 77.9 Å². The van der Waals surface area contributed by atoms with Gasteiger partial charge in [0.05, 0.1) is 16.2 Å². The van der Waals surface area contributed by atoms with E-state index in [2.05, 4.69) is 27.0 Å². The number of rotatable bonds is 3. The zero-order valence-electron chi connectivity index (χ0n) is 14.9. The maximum atomic E-state index is 12.5. The summed E-state index contributed by atoms with van der Waals surface area (Å²) in [6, 6.07) is 10.7. The lowest BCUT2D eigenvalue weighted by atomic mass is 10.0. The largest absolute Gasteiger partial charge is 0.415 e. The fourth-order valence-corrected chi connectivity index (χ4v) is 4.37. The first kappa shape index (κ1) is 18.5. The predicted octanol–water partition coefficient (Wildman–Crippen LogP) is 5.87. The normalized spacial score (nSPS) is 11.1. The number of aryl methyl sites for hydroxylation is 2. The molecule has 28 heavy (non-hydrogen) atoms. The summed E-state index contributed by atoms with van der Waals surface area (Å²) < 4.78 is 5.83. The van der Waals surface area contributed by atoms with Gasteiger partial charge in [-0.1, -0.05) is 39.7 Å². The average molecular weight is 457 g/mol. The molecule has 2 aromatic carbocycles. The topological polar surface area (TPSA) is 86.2 Å². The van der Waals surface area contributed by atoms with E-state index in [0.29, 0.717) is 14.9 Å². The molecule has 6 nitrogen and oxygen atoms in total. The summed E-state index contributed by atoms with van der Waals surface area (Å²) in [6.45, 7) is 4.04. The first-order valence-electron chi connectivity index (χ1n) is 8.29. The highest BCUT2D eigenvalue weighted by Gasteiger charge is 2.20. The van der Waals surface area contributed by atoms with Crippen LogP contribution in [0.1, 0.15) is 11.1 Å². The summed E-state index contributed by atoms with van der Waals surface area (Å²) in [5, 5.41) is 14.1. The van der Waals surface area contributed by atoms with Crippen LogP contribution in [-0.2, 0) is 0 Å². The molecule has 0 amide bonds. The Bertz CT molecular complexity index is 1310. The first-order chi connectivity index (χ1) is 13.3. The molecular formula is C20H13BrN2O4S. The van der Waals surface area contributed by atoms with Crippen molar-refractivity contribution in [2.45, 2.75) is 13.8 Å². The zero-order chi connectivity index (χ0) is 20.0. The summed E-state index contributed by atoms with van der Waals surface area (Å²) in [5.74, 6) is 0. The van der Waals surface area contributed by atoms with Crippen molar-refractivity contribution in [1.82, 2.24) is 4.98 Å². The van der Waals surface area contributed by atoms with Gasteiger partial charge in [0.15, 0.2) is 0 Å². The molecule has 140 valence electrons. The van der Waals surface area contributed by atoms with Gasteiger partial charge in [0.1, 0.15) is 5.01 Å². The Morgan fingerprint density at radius 1 is 1.14 bits per heavy atom. The van der Waals surface area contributed by atoms with E-state index >= 15 is 0 Å². The zero-order valence-corrected chi connectivity index (χ0v) is 17.3. The number of aromatic nitrogens is 1. The Kier molecular flexibility index (Phi) is 4.60. The van der Waals surface area contributed by atoms with Gasteiger partial charge in [0.25, 0.3) is 0 Å². The number of nitro groups is 1. The van der Waals surface area contributed by atoms with Crippen molar-refractivity contribution in [2.75, 3.05) is 0 Å². The van der Waals surface area contributed by atoms with Crippen molar-refractivity contribution in [2.24, 2.45) is 0 Å². The van der Waals surface area contributed by atoms with E-state index in [1.54, 1.807) is 12.1 Å². The fraction of sp³-hybridized carbons (Fsp3) is 0.100. The Morgan fingerprint density at radius 3 is 2.64 bits per heavy atom. The van der Waals surface area contributed by atoms with Gasteiger partial charge in [-0.3, -0.25) is 10.1 Å². The van der Waals surface area contributed by atoms with Gasteiger partial charge in [-0.25, -0.2) is 9.78 Å². The summed E-state index contributed by atoms with van der Waals surface area (Å²) >= 11 is 4.59. The minimum absolute atomic E-state index is 0.0480. The Hall–Kier alpha value is -2.84. The molecular weight excluding hydrogens is 444 g/mol. The quantitative estimate of drug-likeness (QED) is 0.218. The minimum Gasteiger partial charge on any atom is -0.415 e. The number of nitro benzene ring substituents is 1. The molecule has 0 fully saturated rings. The van der Waals surface area contributed by atoms with E-state index in [-0.39, 0.29) is 16.8 Å².